The fourth-order valence-corrected chi connectivity index (χ4v) is 3.99. The van der Waals surface area contributed by atoms with Crippen molar-refractivity contribution in [2.75, 3.05) is 6.54 Å². The van der Waals surface area contributed by atoms with Gasteiger partial charge in [-0.2, -0.15) is 0 Å². The van der Waals surface area contributed by atoms with Gasteiger partial charge in [-0.15, -0.1) is 0 Å². The second-order valence-corrected chi connectivity index (χ2v) is 7.20. The van der Waals surface area contributed by atoms with E-state index < -0.39 is 10.0 Å². The van der Waals surface area contributed by atoms with E-state index in [0.29, 0.717) is 24.0 Å². The molecule has 0 bridgehead atoms. The standard InChI is InChI=1S/C14H24N2O3S/c1-4-15-9-13-8-14(11(3)19-13)20(17,18)16-10(2)12-6-5-7-12/h8,10,12,15-16H,4-7,9H2,1-3H3. The Balaban J connectivity index is 2.09. The zero-order valence-corrected chi connectivity index (χ0v) is 13.2. The van der Waals surface area contributed by atoms with Crippen LogP contribution >= 0.6 is 0 Å². The van der Waals surface area contributed by atoms with Crippen molar-refractivity contribution in [3.05, 3.63) is 17.6 Å². The molecule has 1 fully saturated rings. The molecule has 1 unspecified atom stereocenters. The number of sulfonamides is 1. The molecule has 0 saturated heterocycles. The average molecular weight is 300 g/mol. The second kappa shape index (κ2) is 6.28. The molecule has 5 nitrogen and oxygen atoms in total. The van der Waals surface area contributed by atoms with Gasteiger partial charge in [-0.3, -0.25) is 0 Å². The Labute approximate surface area is 121 Å². The summed E-state index contributed by atoms with van der Waals surface area (Å²) in [6, 6.07) is 1.61. The van der Waals surface area contributed by atoms with Crippen LogP contribution in [0, 0.1) is 12.8 Å². The minimum absolute atomic E-state index is 0.0136. The van der Waals surface area contributed by atoms with E-state index in [1.165, 1.54) is 6.42 Å². The first-order valence-electron chi connectivity index (χ1n) is 7.26. The van der Waals surface area contributed by atoms with Crippen LogP contribution in [0.15, 0.2) is 15.4 Å². The van der Waals surface area contributed by atoms with Crippen LogP contribution in [0.1, 0.15) is 44.6 Å². The molecule has 6 heteroatoms. The van der Waals surface area contributed by atoms with Gasteiger partial charge >= 0.3 is 0 Å². The Bertz CT molecular complexity index is 547. The Hall–Kier alpha value is -0.850. The van der Waals surface area contributed by atoms with Gasteiger partial charge in [0.1, 0.15) is 16.4 Å². The monoisotopic (exact) mass is 300 g/mol. The van der Waals surface area contributed by atoms with E-state index >= 15 is 0 Å². The number of furan rings is 1. The molecule has 0 aliphatic heterocycles. The van der Waals surface area contributed by atoms with Gasteiger partial charge < -0.3 is 9.73 Å². The van der Waals surface area contributed by atoms with Crippen LogP contribution in [0.25, 0.3) is 0 Å². The van der Waals surface area contributed by atoms with E-state index in [0.717, 1.165) is 19.4 Å². The molecule has 0 radical (unpaired) electrons. The molecule has 1 aromatic rings. The zero-order chi connectivity index (χ0) is 14.8. The molecule has 2 rings (SSSR count). The summed E-state index contributed by atoms with van der Waals surface area (Å²) in [5, 5.41) is 3.12. The van der Waals surface area contributed by atoms with Crippen molar-refractivity contribution < 1.29 is 12.8 Å². The van der Waals surface area contributed by atoms with Crippen LogP contribution in [0.5, 0.6) is 0 Å². The summed E-state index contributed by atoms with van der Waals surface area (Å²) in [7, 11) is -3.49. The fraction of sp³-hybridized carbons (Fsp3) is 0.714. The highest BCUT2D eigenvalue weighted by atomic mass is 32.2. The molecule has 0 spiro atoms. The number of hydrogen-bond donors (Lipinski definition) is 2. The predicted molar refractivity (Wildman–Crippen MR) is 78.0 cm³/mol. The molecular weight excluding hydrogens is 276 g/mol. The third-order valence-corrected chi connectivity index (χ3v) is 5.63. The fourth-order valence-electron chi connectivity index (χ4n) is 2.47. The van der Waals surface area contributed by atoms with Crippen LogP contribution in [-0.4, -0.2) is 21.0 Å². The van der Waals surface area contributed by atoms with Crippen LogP contribution in [-0.2, 0) is 16.6 Å². The molecule has 0 amide bonds. The van der Waals surface area contributed by atoms with E-state index in [1.807, 2.05) is 13.8 Å². The summed E-state index contributed by atoms with van der Waals surface area (Å²) in [5.41, 5.74) is 0. The highest BCUT2D eigenvalue weighted by Crippen LogP contribution is 2.30. The van der Waals surface area contributed by atoms with Crippen molar-refractivity contribution in [3.8, 4) is 0 Å². The summed E-state index contributed by atoms with van der Waals surface area (Å²) < 4.78 is 33.1. The van der Waals surface area contributed by atoms with Gasteiger partial charge in [-0.25, -0.2) is 13.1 Å². The quantitative estimate of drug-likeness (QED) is 0.809. The highest BCUT2D eigenvalue weighted by molar-refractivity contribution is 7.89. The van der Waals surface area contributed by atoms with E-state index in [1.54, 1.807) is 13.0 Å². The Morgan fingerprint density at radius 3 is 2.70 bits per heavy atom. The smallest absolute Gasteiger partial charge is 0.244 e. The van der Waals surface area contributed by atoms with Crippen molar-refractivity contribution in [2.24, 2.45) is 5.92 Å². The Kier molecular flexibility index (Phi) is 4.88. The first-order valence-corrected chi connectivity index (χ1v) is 8.74. The van der Waals surface area contributed by atoms with Gasteiger partial charge in [0.15, 0.2) is 0 Å². The average Bonchev–Trinajstić information content (AvgIpc) is 2.65. The summed E-state index contributed by atoms with van der Waals surface area (Å²) in [5.74, 6) is 1.57. The van der Waals surface area contributed by atoms with Gasteiger partial charge in [0.25, 0.3) is 0 Å². The van der Waals surface area contributed by atoms with Gasteiger partial charge in [0.2, 0.25) is 10.0 Å². The molecular formula is C14H24N2O3S. The topological polar surface area (TPSA) is 71.3 Å². The third kappa shape index (κ3) is 3.42. The number of hydrogen-bond acceptors (Lipinski definition) is 4. The summed E-state index contributed by atoms with van der Waals surface area (Å²) in [4.78, 5) is 0.261. The lowest BCUT2D eigenvalue weighted by atomic mass is 9.81. The van der Waals surface area contributed by atoms with Crippen molar-refractivity contribution in [2.45, 2.75) is 57.5 Å². The number of aryl methyl sites for hydroxylation is 1. The van der Waals surface area contributed by atoms with Crippen molar-refractivity contribution >= 4 is 10.0 Å². The molecule has 1 aliphatic carbocycles. The van der Waals surface area contributed by atoms with E-state index in [-0.39, 0.29) is 10.9 Å². The summed E-state index contributed by atoms with van der Waals surface area (Å²) in [6.45, 7) is 6.99. The SMILES string of the molecule is CCNCc1cc(S(=O)(=O)NC(C)C2CCC2)c(C)o1. The first-order chi connectivity index (χ1) is 9.44. The molecule has 1 aliphatic rings. The molecule has 1 heterocycles. The van der Waals surface area contributed by atoms with Crippen molar-refractivity contribution in [1.29, 1.82) is 0 Å². The van der Waals surface area contributed by atoms with Gasteiger partial charge in [0, 0.05) is 12.1 Å². The van der Waals surface area contributed by atoms with E-state index in [4.69, 9.17) is 4.42 Å². The van der Waals surface area contributed by atoms with Crippen LogP contribution in [0.2, 0.25) is 0 Å². The number of nitrogens with one attached hydrogen (secondary N) is 2. The first kappa shape index (κ1) is 15.5. The van der Waals surface area contributed by atoms with Crippen LogP contribution < -0.4 is 10.0 Å². The Morgan fingerprint density at radius 2 is 2.15 bits per heavy atom. The summed E-state index contributed by atoms with van der Waals surface area (Å²) in [6.07, 6.45) is 3.42. The molecule has 0 aromatic carbocycles. The zero-order valence-electron chi connectivity index (χ0n) is 12.4. The molecule has 2 N–H and O–H groups in total. The lowest BCUT2D eigenvalue weighted by Crippen LogP contribution is -2.40. The highest BCUT2D eigenvalue weighted by Gasteiger charge is 2.29. The maximum Gasteiger partial charge on any atom is 0.244 e. The lowest BCUT2D eigenvalue weighted by molar-refractivity contribution is 0.260. The maximum atomic E-state index is 12.4. The van der Waals surface area contributed by atoms with Gasteiger partial charge in [0.05, 0.1) is 6.54 Å². The van der Waals surface area contributed by atoms with Crippen LogP contribution in [0.4, 0.5) is 0 Å². The van der Waals surface area contributed by atoms with E-state index in [2.05, 4.69) is 10.0 Å². The second-order valence-electron chi connectivity index (χ2n) is 5.51. The molecule has 20 heavy (non-hydrogen) atoms. The van der Waals surface area contributed by atoms with Gasteiger partial charge in [-0.05, 0) is 39.2 Å². The van der Waals surface area contributed by atoms with Crippen LogP contribution in [0.3, 0.4) is 0 Å². The van der Waals surface area contributed by atoms with Crippen molar-refractivity contribution in [1.82, 2.24) is 10.0 Å². The van der Waals surface area contributed by atoms with Gasteiger partial charge in [-0.1, -0.05) is 13.3 Å². The third-order valence-electron chi connectivity index (χ3n) is 3.96. The maximum absolute atomic E-state index is 12.4. The molecule has 1 saturated carbocycles. The minimum atomic E-state index is -3.49. The lowest BCUT2D eigenvalue weighted by Gasteiger charge is -2.31. The number of rotatable bonds is 7. The normalized spacial score (nSPS) is 17.9. The minimum Gasteiger partial charge on any atom is -0.464 e. The largest absolute Gasteiger partial charge is 0.464 e. The summed E-state index contributed by atoms with van der Waals surface area (Å²) >= 11 is 0. The molecule has 1 atom stereocenters. The molecule has 114 valence electrons. The Morgan fingerprint density at radius 1 is 1.45 bits per heavy atom. The van der Waals surface area contributed by atoms with Crippen molar-refractivity contribution in [3.63, 3.8) is 0 Å². The molecule has 1 aromatic heterocycles. The van der Waals surface area contributed by atoms with E-state index in [9.17, 15) is 8.42 Å². The predicted octanol–water partition coefficient (Wildman–Crippen LogP) is 2.16.